The number of hydrogen-bond acceptors (Lipinski definition) is 3. The SMILES string of the molecule is CNc1cccc(C(=O)c2ccc(OC)c(C)c2C)c1. The van der Waals surface area contributed by atoms with Gasteiger partial charge >= 0.3 is 0 Å². The van der Waals surface area contributed by atoms with Gasteiger partial charge in [-0.1, -0.05) is 12.1 Å². The lowest BCUT2D eigenvalue weighted by molar-refractivity contribution is 0.103. The number of benzene rings is 2. The summed E-state index contributed by atoms with van der Waals surface area (Å²) in [5.41, 5.74) is 4.30. The largest absolute Gasteiger partial charge is 0.496 e. The van der Waals surface area contributed by atoms with Crippen molar-refractivity contribution in [1.29, 1.82) is 0 Å². The molecule has 0 saturated carbocycles. The van der Waals surface area contributed by atoms with Crippen LogP contribution in [-0.4, -0.2) is 19.9 Å². The Morgan fingerprint density at radius 2 is 1.85 bits per heavy atom. The number of carbonyl (C=O) groups is 1. The third-order valence-corrected chi connectivity index (χ3v) is 3.62. The summed E-state index contributed by atoms with van der Waals surface area (Å²) < 4.78 is 5.28. The van der Waals surface area contributed by atoms with Crippen molar-refractivity contribution in [3.63, 3.8) is 0 Å². The molecule has 0 bridgehead atoms. The lowest BCUT2D eigenvalue weighted by Gasteiger charge is -2.12. The highest BCUT2D eigenvalue weighted by Gasteiger charge is 2.15. The van der Waals surface area contributed by atoms with Crippen LogP contribution in [0.5, 0.6) is 5.75 Å². The molecule has 0 saturated heterocycles. The number of anilines is 1. The monoisotopic (exact) mass is 269 g/mol. The molecule has 0 fully saturated rings. The average molecular weight is 269 g/mol. The molecular formula is C17H19NO2. The predicted molar refractivity (Wildman–Crippen MR) is 81.9 cm³/mol. The molecule has 20 heavy (non-hydrogen) atoms. The zero-order valence-electron chi connectivity index (χ0n) is 12.3. The number of ketones is 1. The molecule has 2 rings (SSSR count). The first-order chi connectivity index (χ1) is 9.58. The zero-order valence-corrected chi connectivity index (χ0v) is 12.3. The van der Waals surface area contributed by atoms with Gasteiger partial charge in [-0.25, -0.2) is 0 Å². The minimum Gasteiger partial charge on any atom is -0.496 e. The third kappa shape index (κ3) is 2.52. The van der Waals surface area contributed by atoms with Gasteiger partial charge in [-0.15, -0.1) is 0 Å². The highest BCUT2D eigenvalue weighted by Crippen LogP contribution is 2.26. The summed E-state index contributed by atoms with van der Waals surface area (Å²) in [7, 11) is 3.48. The topological polar surface area (TPSA) is 38.3 Å². The van der Waals surface area contributed by atoms with Gasteiger partial charge in [-0.3, -0.25) is 4.79 Å². The van der Waals surface area contributed by atoms with E-state index < -0.39 is 0 Å². The van der Waals surface area contributed by atoms with Crippen molar-refractivity contribution in [1.82, 2.24) is 0 Å². The van der Waals surface area contributed by atoms with Crippen LogP contribution in [0.3, 0.4) is 0 Å². The van der Waals surface area contributed by atoms with E-state index in [1.807, 2.05) is 57.3 Å². The third-order valence-electron chi connectivity index (χ3n) is 3.62. The van der Waals surface area contributed by atoms with Crippen LogP contribution in [0.15, 0.2) is 36.4 Å². The van der Waals surface area contributed by atoms with Crippen molar-refractivity contribution in [2.24, 2.45) is 0 Å². The van der Waals surface area contributed by atoms with Crippen LogP contribution < -0.4 is 10.1 Å². The second-order valence-corrected chi connectivity index (χ2v) is 4.73. The number of rotatable bonds is 4. The fourth-order valence-electron chi connectivity index (χ4n) is 2.23. The van der Waals surface area contributed by atoms with E-state index in [1.54, 1.807) is 7.11 Å². The molecule has 0 aromatic heterocycles. The highest BCUT2D eigenvalue weighted by atomic mass is 16.5. The Hall–Kier alpha value is -2.29. The average Bonchev–Trinajstić information content (AvgIpc) is 2.49. The number of nitrogens with one attached hydrogen (secondary N) is 1. The zero-order chi connectivity index (χ0) is 14.7. The number of methoxy groups -OCH3 is 1. The van der Waals surface area contributed by atoms with Gasteiger partial charge in [-0.05, 0) is 49.2 Å². The summed E-state index contributed by atoms with van der Waals surface area (Å²) >= 11 is 0. The van der Waals surface area contributed by atoms with E-state index in [0.717, 1.165) is 28.1 Å². The molecule has 2 aromatic carbocycles. The molecule has 3 nitrogen and oxygen atoms in total. The van der Waals surface area contributed by atoms with E-state index in [9.17, 15) is 4.79 Å². The summed E-state index contributed by atoms with van der Waals surface area (Å²) in [6.07, 6.45) is 0. The van der Waals surface area contributed by atoms with Gasteiger partial charge in [0.2, 0.25) is 0 Å². The molecule has 0 atom stereocenters. The summed E-state index contributed by atoms with van der Waals surface area (Å²) in [5.74, 6) is 0.841. The lowest BCUT2D eigenvalue weighted by atomic mass is 9.95. The molecule has 0 amide bonds. The number of hydrogen-bond donors (Lipinski definition) is 1. The Morgan fingerprint density at radius 1 is 1.10 bits per heavy atom. The maximum Gasteiger partial charge on any atom is 0.193 e. The molecule has 0 aliphatic rings. The summed E-state index contributed by atoms with van der Waals surface area (Å²) in [4.78, 5) is 12.6. The van der Waals surface area contributed by atoms with Gasteiger partial charge in [0.1, 0.15) is 5.75 Å². The van der Waals surface area contributed by atoms with Gasteiger partial charge < -0.3 is 10.1 Å². The van der Waals surface area contributed by atoms with Crippen molar-refractivity contribution in [2.75, 3.05) is 19.5 Å². The molecule has 0 unspecified atom stereocenters. The molecule has 0 radical (unpaired) electrons. The summed E-state index contributed by atoms with van der Waals surface area (Å²) in [6, 6.07) is 11.2. The molecule has 104 valence electrons. The molecule has 0 aliphatic carbocycles. The Kier molecular flexibility index (Phi) is 4.08. The molecule has 0 heterocycles. The van der Waals surface area contributed by atoms with Crippen LogP contribution in [0.4, 0.5) is 5.69 Å². The van der Waals surface area contributed by atoms with E-state index in [-0.39, 0.29) is 5.78 Å². The lowest BCUT2D eigenvalue weighted by Crippen LogP contribution is -2.06. The predicted octanol–water partition coefficient (Wildman–Crippen LogP) is 3.58. The van der Waals surface area contributed by atoms with Crippen LogP contribution in [0.2, 0.25) is 0 Å². The second-order valence-electron chi connectivity index (χ2n) is 4.73. The van der Waals surface area contributed by atoms with E-state index in [2.05, 4.69) is 5.32 Å². The van der Waals surface area contributed by atoms with Gasteiger partial charge in [0.05, 0.1) is 7.11 Å². The molecule has 0 spiro atoms. The van der Waals surface area contributed by atoms with Crippen LogP contribution in [0, 0.1) is 13.8 Å². The second kappa shape index (κ2) is 5.78. The van der Waals surface area contributed by atoms with Crippen LogP contribution in [0.1, 0.15) is 27.0 Å². The van der Waals surface area contributed by atoms with Gasteiger partial charge in [0.15, 0.2) is 5.78 Å². The molecule has 2 aromatic rings. The maximum atomic E-state index is 12.6. The summed E-state index contributed by atoms with van der Waals surface area (Å²) in [5, 5.41) is 3.05. The first-order valence-electron chi connectivity index (χ1n) is 6.55. The molecule has 3 heteroatoms. The van der Waals surface area contributed by atoms with Crippen LogP contribution >= 0.6 is 0 Å². The Labute approximate surface area is 119 Å². The number of carbonyl (C=O) groups excluding carboxylic acids is 1. The van der Waals surface area contributed by atoms with E-state index in [1.165, 1.54) is 0 Å². The normalized spacial score (nSPS) is 10.2. The van der Waals surface area contributed by atoms with E-state index in [4.69, 9.17) is 4.74 Å². The Morgan fingerprint density at radius 3 is 2.50 bits per heavy atom. The van der Waals surface area contributed by atoms with Crippen molar-refractivity contribution in [3.05, 3.63) is 58.7 Å². The van der Waals surface area contributed by atoms with Crippen molar-refractivity contribution >= 4 is 11.5 Å². The van der Waals surface area contributed by atoms with Crippen molar-refractivity contribution < 1.29 is 9.53 Å². The fraction of sp³-hybridized carbons (Fsp3) is 0.235. The minimum absolute atomic E-state index is 0.0327. The highest BCUT2D eigenvalue weighted by molar-refractivity contribution is 6.10. The van der Waals surface area contributed by atoms with Crippen molar-refractivity contribution in [3.8, 4) is 5.75 Å². The van der Waals surface area contributed by atoms with Crippen LogP contribution in [0.25, 0.3) is 0 Å². The van der Waals surface area contributed by atoms with Gasteiger partial charge in [0, 0.05) is 23.9 Å². The van der Waals surface area contributed by atoms with Crippen LogP contribution in [-0.2, 0) is 0 Å². The Bertz CT molecular complexity index is 647. The van der Waals surface area contributed by atoms with E-state index in [0.29, 0.717) is 5.56 Å². The smallest absolute Gasteiger partial charge is 0.193 e. The van der Waals surface area contributed by atoms with Crippen molar-refractivity contribution in [2.45, 2.75) is 13.8 Å². The quantitative estimate of drug-likeness (QED) is 0.862. The fourth-order valence-corrected chi connectivity index (χ4v) is 2.23. The molecule has 0 aliphatic heterocycles. The summed E-state index contributed by atoms with van der Waals surface area (Å²) in [6.45, 7) is 3.92. The van der Waals surface area contributed by atoms with E-state index >= 15 is 0 Å². The first-order valence-corrected chi connectivity index (χ1v) is 6.55. The maximum absolute atomic E-state index is 12.6. The number of ether oxygens (including phenoxy) is 1. The van der Waals surface area contributed by atoms with Gasteiger partial charge in [-0.2, -0.15) is 0 Å². The molecule has 1 N–H and O–H groups in total. The standard InChI is InChI=1S/C17H19NO2/c1-11-12(2)16(20-4)9-8-15(11)17(19)13-6-5-7-14(10-13)18-3/h5-10,18H,1-4H3. The molecular weight excluding hydrogens is 250 g/mol. The Balaban J connectivity index is 2.45. The van der Waals surface area contributed by atoms with Gasteiger partial charge in [0.25, 0.3) is 0 Å². The minimum atomic E-state index is 0.0327. The first kappa shape index (κ1) is 14.1.